The predicted molar refractivity (Wildman–Crippen MR) is 54.9 cm³/mol. The van der Waals surface area contributed by atoms with Gasteiger partial charge in [-0.3, -0.25) is 0 Å². The minimum atomic E-state index is -0.978. The van der Waals surface area contributed by atoms with Crippen molar-refractivity contribution in [2.45, 2.75) is 13.8 Å². The van der Waals surface area contributed by atoms with E-state index in [-0.39, 0.29) is 5.69 Å². The van der Waals surface area contributed by atoms with Crippen molar-refractivity contribution in [2.75, 3.05) is 0 Å². The van der Waals surface area contributed by atoms with Crippen molar-refractivity contribution in [3.63, 3.8) is 0 Å². The normalized spacial score (nSPS) is 10.5. The van der Waals surface area contributed by atoms with Crippen molar-refractivity contribution < 1.29 is 14.3 Å². The molecule has 0 saturated carbocycles. The standard InChI is InChI=1S/C11H11NO3/c1-6-3-4-15-10(6)8-5-7(2)12-9(8)11(13)14/h3-5,12H,1-2H3,(H,13,14). The molecule has 0 bridgehead atoms. The fourth-order valence-corrected chi connectivity index (χ4v) is 1.59. The summed E-state index contributed by atoms with van der Waals surface area (Å²) < 4.78 is 5.27. The van der Waals surface area contributed by atoms with Crippen LogP contribution in [0.4, 0.5) is 0 Å². The Kier molecular flexibility index (Phi) is 2.11. The molecule has 78 valence electrons. The molecule has 2 aromatic heterocycles. The van der Waals surface area contributed by atoms with Crippen LogP contribution in [-0.4, -0.2) is 16.1 Å². The predicted octanol–water partition coefficient (Wildman–Crippen LogP) is 2.59. The molecule has 0 amide bonds. The molecule has 15 heavy (non-hydrogen) atoms. The quantitative estimate of drug-likeness (QED) is 0.791. The van der Waals surface area contributed by atoms with E-state index in [0.717, 1.165) is 11.3 Å². The molecule has 0 aromatic carbocycles. The molecule has 2 heterocycles. The molecule has 2 N–H and O–H groups in total. The van der Waals surface area contributed by atoms with Crippen molar-refractivity contribution in [1.29, 1.82) is 0 Å². The van der Waals surface area contributed by atoms with Crippen LogP contribution in [0.5, 0.6) is 0 Å². The van der Waals surface area contributed by atoms with Crippen molar-refractivity contribution in [1.82, 2.24) is 4.98 Å². The number of aromatic amines is 1. The minimum absolute atomic E-state index is 0.172. The van der Waals surface area contributed by atoms with Gasteiger partial charge in [-0.1, -0.05) is 0 Å². The van der Waals surface area contributed by atoms with Gasteiger partial charge >= 0.3 is 5.97 Å². The van der Waals surface area contributed by atoms with Crippen LogP contribution in [0.25, 0.3) is 11.3 Å². The highest BCUT2D eigenvalue weighted by Gasteiger charge is 2.18. The Labute approximate surface area is 86.5 Å². The molecule has 0 saturated heterocycles. The van der Waals surface area contributed by atoms with E-state index in [1.54, 1.807) is 12.3 Å². The third-order valence-corrected chi connectivity index (χ3v) is 2.27. The molecule has 4 nitrogen and oxygen atoms in total. The number of carboxylic acid groups (broad SMARTS) is 1. The average Bonchev–Trinajstić information content (AvgIpc) is 2.71. The van der Waals surface area contributed by atoms with Crippen LogP contribution in [0.2, 0.25) is 0 Å². The first kappa shape index (κ1) is 9.58. The summed E-state index contributed by atoms with van der Waals surface area (Å²) in [6.45, 7) is 3.70. The third-order valence-electron chi connectivity index (χ3n) is 2.27. The number of aryl methyl sites for hydroxylation is 2. The van der Waals surface area contributed by atoms with Crippen LogP contribution in [0.3, 0.4) is 0 Å². The lowest BCUT2D eigenvalue weighted by atomic mass is 10.1. The largest absolute Gasteiger partial charge is 0.477 e. The lowest BCUT2D eigenvalue weighted by Crippen LogP contribution is -1.98. The Morgan fingerprint density at radius 1 is 1.47 bits per heavy atom. The van der Waals surface area contributed by atoms with E-state index in [1.165, 1.54) is 0 Å². The lowest BCUT2D eigenvalue weighted by Gasteiger charge is -1.97. The van der Waals surface area contributed by atoms with Crippen LogP contribution in [0, 0.1) is 13.8 Å². The van der Waals surface area contributed by atoms with Crippen molar-refractivity contribution >= 4 is 5.97 Å². The van der Waals surface area contributed by atoms with E-state index in [0.29, 0.717) is 11.3 Å². The SMILES string of the molecule is Cc1cc(-c2occc2C)c(C(=O)O)[nH]1. The van der Waals surface area contributed by atoms with Crippen LogP contribution in [0.1, 0.15) is 21.7 Å². The summed E-state index contributed by atoms with van der Waals surface area (Å²) in [5.41, 5.74) is 2.50. The Morgan fingerprint density at radius 3 is 2.73 bits per heavy atom. The maximum Gasteiger partial charge on any atom is 0.353 e. The van der Waals surface area contributed by atoms with Gasteiger partial charge in [0, 0.05) is 5.69 Å². The summed E-state index contributed by atoms with van der Waals surface area (Å²) in [5.74, 6) is -0.370. The molecule has 0 radical (unpaired) electrons. The fourth-order valence-electron chi connectivity index (χ4n) is 1.59. The lowest BCUT2D eigenvalue weighted by molar-refractivity contribution is 0.0691. The number of furan rings is 1. The highest BCUT2D eigenvalue weighted by molar-refractivity contribution is 5.94. The number of carboxylic acids is 1. The topological polar surface area (TPSA) is 66.2 Å². The van der Waals surface area contributed by atoms with Crippen molar-refractivity contribution in [3.8, 4) is 11.3 Å². The van der Waals surface area contributed by atoms with Crippen molar-refractivity contribution in [3.05, 3.63) is 35.3 Å². The number of hydrogen-bond donors (Lipinski definition) is 2. The number of H-pyrrole nitrogens is 1. The fraction of sp³-hybridized carbons (Fsp3) is 0.182. The summed E-state index contributed by atoms with van der Waals surface area (Å²) in [5, 5.41) is 9.00. The zero-order valence-corrected chi connectivity index (χ0v) is 8.50. The Morgan fingerprint density at radius 2 is 2.20 bits per heavy atom. The molecule has 2 rings (SSSR count). The van der Waals surface area contributed by atoms with Gasteiger partial charge in [0.1, 0.15) is 11.5 Å². The monoisotopic (exact) mass is 205 g/mol. The third kappa shape index (κ3) is 1.54. The number of nitrogens with one attached hydrogen (secondary N) is 1. The molecular weight excluding hydrogens is 194 g/mol. The highest BCUT2D eigenvalue weighted by Crippen LogP contribution is 2.28. The molecule has 0 aliphatic rings. The van der Waals surface area contributed by atoms with Gasteiger partial charge in [0.25, 0.3) is 0 Å². The zero-order valence-electron chi connectivity index (χ0n) is 8.50. The van der Waals surface area contributed by atoms with E-state index >= 15 is 0 Å². The van der Waals surface area contributed by atoms with Gasteiger partial charge in [-0.2, -0.15) is 0 Å². The van der Waals surface area contributed by atoms with Gasteiger partial charge in [0.2, 0.25) is 0 Å². The first-order valence-electron chi connectivity index (χ1n) is 4.57. The van der Waals surface area contributed by atoms with Gasteiger partial charge in [-0.15, -0.1) is 0 Å². The summed E-state index contributed by atoms with van der Waals surface area (Å²) in [4.78, 5) is 13.8. The summed E-state index contributed by atoms with van der Waals surface area (Å²) >= 11 is 0. The molecule has 0 spiro atoms. The Hall–Kier alpha value is -1.97. The maximum atomic E-state index is 11.0. The van der Waals surface area contributed by atoms with Crippen LogP contribution < -0.4 is 0 Å². The van der Waals surface area contributed by atoms with E-state index in [1.807, 2.05) is 19.9 Å². The zero-order chi connectivity index (χ0) is 11.0. The van der Waals surface area contributed by atoms with Gasteiger partial charge in [-0.25, -0.2) is 4.79 Å². The number of rotatable bonds is 2. The molecular formula is C11H11NO3. The van der Waals surface area contributed by atoms with Gasteiger partial charge in [0.15, 0.2) is 0 Å². The van der Waals surface area contributed by atoms with E-state index in [4.69, 9.17) is 9.52 Å². The number of hydrogen-bond acceptors (Lipinski definition) is 2. The second-order valence-corrected chi connectivity index (χ2v) is 3.48. The summed E-state index contributed by atoms with van der Waals surface area (Å²) in [6, 6.07) is 3.58. The second-order valence-electron chi connectivity index (χ2n) is 3.48. The van der Waals surface area contributed by atoms with E-state index in [2.05, 4.69) is 4.98 Å². The minimum Gasteiger partial charge on any atom is -0.477 e. The number of aromatic carboxylic acids is 1. The molecule has 0 atom stereocenters. The Balaban J connectivity index is 2.62. The van der Waals surface area contributed by atoms with Crippen molar-refractivity contribution in [2.24, 2.45) is 0 Å². The molecule has 0 unspecified atom stereocenters. The number of carbonyl (C=O) groups is 1. The molecule has 0 aliphatic heterocycles. The van der Waals surface area contributed by atoms with Gasteiger partial charge < -0.3 is 14.5 Å². The first-order chi connectivity index (χ1) is 7.09. The molecule has 2 aromatic rings. The maximum absolute atomic E-state index is 11.0. The number of aromatic nitrogens is 1. The Bertz CT molecular complexity index is 508. The van der Waals surface area contributed by atoms with E-state index in [9.17, 15) is 4.79 Å². The van der Waals surface area contributed by atoms with Gasteiger partial charge in [0.05, 0.1) is 11.8 Å². The van der Waals surface area contributed by atoms with E-state index < -0.39 is 5.97 Å². The molecule has 0 aliphatic carbocycles. The smallest absolute Gasteiger partial charge is 0.353 e. The summed E-state index contributed by atoms with van der Waals surface area (Å²) in [7, 11) is 0. The first-order valence-corrected chi connectivity index (χ1v) is 4.57. The van der Waals surface area contributed by atoms with Crippen LogP contribution in [-0.2, 0) is 0 Å². The molecule has 4 heteroatoms. The van der Waals surface area contributed by atoms with Crippen LogP contribution in [0.15, 0.2) is 22.8 Å². The highest BCUT2D eigenvalue weighted by atomic mass is 16.4. The second kappa shape index (κ2) is 3.31. The average molecular weight is 205 g/mol. The van der Waals surface area contributed by atoms with Gasteiger partial charge in [-0.05, 0) is 31.5 Å². The molecule has 0 fully saturated rings. The summed E-state index contributed by atoms with van der Waals surface area (Å²) in [6.07, 6.45) is 1.55. The van der Waals surface area contributed by atoms with Crippen LogP contribution >= 0.6 is 0 Å².